The molecule has 0 N–H and O–H groups in total. The van der Waals surface area contributed by atoms with Gasteiger partial charge in [-0.05, 0) is 35.7 Å². The van der Waals surface area contributed by atoms with Gasteiger partial charge in [0.05, 0.1) is 0 Å². The fourth-order valence-electron chi connectivity index (χ4n) is 2.21. The van der Waals surface area contributed by atoms with Crippen molar-refractivity contribution in [1.82, 2.24) is 0 Å². The van der Waals surface area contributed by atoms with E-state index < -0.39 is 0 Å². The normalized spacial score (nSPS) is 11.6. The Labute approximate surface area is 153 Å². The van der Waals surface area contributed by atoms with Crippen molar-refractivity contribution in [1.29, 1.82) is 0 Å². The zero-order chi connectivity index (χ0) is 14.6. The third kappa shape index (κ3) is 3.76. The summed E-state index contributed by atoms with van der Waals surface area (Å²) < 4.78 is 2.29. The molecule has 0 spiro atoms. The number of halogens is 4. The molecular formula is C16H14Br4. The second kappa shape index (κ2) is 7.57. The number of rotatable bonds is 5. The summed E-state index contributed by atoms with van der Waals surface area (Å²) in [5.41, 5.74) is 2.69. The first-order valence-corrected chi connectivity index (χ1v) is 10.1. The fraction of sp³-hybridized carbons (Fsp3) is 0.250. The zero-order valence-electron chi connectivity index (χ0n) is 10.8. The van der Waals surface area contributed by atoms with Crippen LogP contribution in [0.2, 0.25) is 0 Å². The molecule has 0 aliphatic heterocycles. The van der Waals surface area contributed by atoms with Gasteiger partial charge in [0.1, 0.15) is 0 Å². The maximum absolute atomic E-state index is 3.72. The summed E-state index contributed by atoms with van der Waals surface area (Å²) in [6, 6.07) is 17.0. The lowest BCUT2D eigenvalue weighted by molar-refractivity contribution is 0.549. The second-order valence-corrected chi connectivity index (χ2v) is 7.72. The third-order valence-electron chi connectivity index (χ3n) is 3.44. The Morgan fingerprint density at radius 3 is 2.15 bits per heavy atom. The minimum Gasteiger partial charge on any atom is -0.0918 e. The highest BCUT2D eigenvalue weighted by Gasteiger charge is 2.31. The van der Waals surface area contributed by atoms with Gasteiger partial charge in [-0.2, -0.15) is 0 Å². The maximum atomic E-state index is 3.72. The van der Waals surface area contributed by atoms with Crippen LogP contribution in [-0.4, -0.2) is 10.7 Å². The van der Waals surface area contributed by atoms with Crippen molar-refractivity contribution in [3.63, 3.8) is 0 Å². The third-order valence-corrected chi connectivity index (χ3v) is 6.85. The molecule has 0 unspecified atom stereocenters. The van der Waals surface area contributed by atoms with Gasteiger partial charge >= 0.3 is 0 Å². The number of benzene rings is 2. The van der Waals surface area contributed by atoms with Gasteiger partial charge in [0.15, 0.2) is 0 Å². The van der Waals surface area contributed by atoms with Crippen molar-refractivity contribution in [2.45, 2.75) is 11.8 Å². The smallest absolute Gasteiger partial charge is 0.0207 e. The summed E-state index contributed by atoms with van der Waals surface area (Å²) in [7, 11) is 0. The lowest BCUT2D eigenvalue weighted by Crippen LogP contribution is -2.33. The molecule has 0 heterocycles. The van der Waals surface area contributed by atoms with E-state index in [1.807, 2.05) is 0 Å². The molecule has 0 fully saturated rings. The van der Waals surface area contributed by atoms with Crippen molar-refractivity contribution in [3.05, 3.63) is 68.6 Å². The summed E-state index contributed by atoms with van der Waals surface area (Å²) in [5, 5.41) is 1.81. The van der Waals surface area contributed by atoms with E-state index in [1.165, 1.54) is 15.6 Å². The Morgan fingerprint density at radius 1 is 0.850 bits per heavy atom. The quantitative estimate of drug-likeness (QED) is 0.392. The van der Waals surface area contributed by atoms with Gasteiger partial charge in [0.2, 0.25) is 0 Å². The standard InChI is InChI=1S/C16H14Br4/c17-10-16(11-18,13-5-3-6-14(19)8-13)9-12-4-1-2-7-15(12)20/h1-8H,9-11H2. The molecule has 2 aromatic rings. The van der Waals surface area contributed by atoms with Gasteiger partial charge in [-0.1, -0.05) is 94.1 Å². The zero-order valence-corrected chi connectivity index (χ0v) is 17.1. The van der Waals surface area contributed by atoms with Gasteiger partial charge in [0.25, 0.3) is 0 Å². The van der Waals surface area contributed by atoms with Crippen LogP contribution in [0.1, 0.15) is 11.1 Å². The van der Waals surface area contributed by atoms with Crippen LogP contribution in [-0.2, 0) is 11.8 Å². The highest BCUT2D eigenvalue weighted by Crippen LogP contribution is 2.35. The first kappa shape index (κ1) is 16.7. The molecule has 0 nitrogen and oxygen atoms in total. The molecular weight excluding hydrogens is 512 g/mol. The van der Waals surface area contributed by atoms with E-state index in [1.54, 1.807) is 0 Å². The van der Waals surface area contributed by atoms with E-state index in [2.05, 4.69) is 112 Å². The highest BCUT2D eigenvalue weighted by atomic mass is 79.9. The van der Waals surface area contributed by atoms with Gasteiger partial charge in [0, 0.05) is 25.0 Å². The molecule has 0 atom stereocenters. The lowest BCUT2D eigenvalue weighted by atomic mass is 9.79. The Morgan fingerprint density at radius 2 is 1.55 bits per heavy atom. The van der Waals surface area contributed by atoms with Crippen molar-refractivity contribution in [2.24, 2.45) is 0 Å². The SMILES string of the molecule is BrCC(CBr)(Cc1ccccc1Br)c1cccc(Br)c1. The van der Waals surface area contributed by atoms with Gasteiger partial charge in [-0.3, -0.25) is 0 Å². The molecule has 0 saturated carbocycles. The van der Waals surface area contributed by atoms with Crippen LogP contribution < -0.4 is 0 Å². The summed E-state index contributed by atoms with van der Waals surface area (Å²) in [6.07, 6.45) is 0.974. The van der Waals surface area contributed by atoms with Crippen LogP contribution in [0.15, 0.2) is 57.5 Å². The van der Waals surface area contributed by atoms with E-state index in [0.29, 0.717) is 0 Å². The number of hydrogen-bond donors (Lipinski definition) is 0. The Hall–Kier alpha value is 0.360. The van der Waals surface area contributed by atoms with E-state index in [9.17, 15) is 0 Å². The summed E-state index contributed by atoms with van der Waals surface area (Å²) in [6.45, 7) is 0. The van der Waals surface area contributed by atoms with Crippen molar-refractivity contribution < 1.29 is 0 Å². The Bertz CT molecular complexity index is 576. The summed E-state index contributed by atoms with van der Waals surface area (Å²) in [4.78, 5) is 0. The molecule has 106 valence electrons. The van der Waals surface area contributed by atoms with Crippen LogP contribution in [0.5, 0.6) is 0 Å². The van der Waals surface area contributed by atoms with Crippen LogP contribution in [0.25, 0.3) is 0 Å². The average Bonchev–Trinajstić information content (AvgIpc) is 2.47. The Kier molecular flexibility index (Phi) is 6.33. The van der Waals surface area contributed by atoms with Gasteiger partial charge in [-0.15, -0.1) is 0 Å². The lowest BCUT2D eigenvalue weighted by Gasteiger charge is -2.31. The molecule has 0 radical (unpaired) electrons. The molecule has 4 heteroatoms. The highest BCUT2D eigenvalue weighted by molar-refractivity contribution is 9.11. The topological polar surface area (TPSA) is 0 Å². The summed E-state index contributed by atoms with van der Waals surface area (Å²) in [5.74, 6) is 0. The fourth-order valence-corrected chi connectivity index (χ4v) is 5.01. The molecule has 20 heavy (non-hydrogen) atoms. The number of hydrogen-bond acceptors (Lipinski definition) is 0. The summed E-state index contributed by atoms with van der Waals surface area (Å²) >= 11 is 14.7. The Balaban J connectivity index is 2.42. The van der Waals surface area contributed by atoms with Crippen molar-refractivity contribution in [2.75, 3.05) is 10.7 Å². The first-order chi connectivity index (χ1) is 9.61. The minimum absolute atomic E-state index is 0.0354. The van der Waals surface area contributed by atoms with Gasteiger partial charge < -0.3 is 0 Å². The molecule has 0 amide bonds. The number of alkyl halides is 2. The van der Waals surface area contributed by atoms with E-state index in [4.69, 9.17) is 0 Å². The minimum atomic E-state index is 0.0354. The monoisotopic (exact) mass is 522 g/mol. The maximum Gasteiger partial charge on any atom is 0.0207 e. The average molecular weight is 526 g/mol. The predicted molar refractivity (Wildman–Crippen MR) is 101 cm³/mol. The van der Waals surface area contributed by atoms with Crippen LogP contribution >= 0.6 is 63.7 Å². The van der Waals surface area contributed by atoms with E-state index in [-0.39, 0.29) is 5.41 Å². The largest absolute Gasteiger partial charge is 0.0918 e. The molecule has 2 aromatic carbocycles. The first-order valence-electron chi connectivity index (χ1n) is 6.23. The molecule has 0 bridgehead atoms. The predicted octanol–water partition coefficient (Wildman–Crippen LogP) is 6.48. The van der Waals surface area contributed by atoms with Crippen LogP contribution in [0, 0.1) is 0 Å². The molecule has 2 rings (SSSR count). The van der Waals surface area contributed by atoms with E-state index in [0.717, 1.165) is 21.6 Å². The van der Waals surface area contributed by atoms with Crippen LogP contribution in [0.3, 0.4) is 0 Å². The van der Waals surface area contributed by atoms with Crippen LogP contribution in [0.4, 0.5) is 0 Å². The van der Waals surface area contributed by atoms with Crippen molar-refractivity contribution >= 4 is 63.7 Å². The van der Waals surface area contributed by atoms with Crippen molar-refractivity contribution in [3.8, 4) is 0 Å². The van der Waals surface area contributed by atoms with E-state index >= 15 is 0 Å². The molecule has 0 aromatic heterocycles. The second-order valence-electron chi connectivity index (χ2n) is 4.83. The van der Waals surface area contributed by atoms with Gasteiger partial charge in [-0.25, -0.2) is 0 Å². The molecule has 0 aliphatic rings. The molecule has 0 aliphatic carbocycles. The molecule has 0 saturated heterocycles.